The number of nitrogens with two attached hydrogens (primary N) is 1. The van der Waals surface area contributed by atoms with Crippen LogP contribution in [0.2, 0.25) is 0 Å². The van der Waals surface area contributed by atoms with Gasteiger partial charge in [-0.05, 0) is 24.1 Å². The van der Waals surface area contributed by atoms with Crippen LogP contribution in [0.15, 0.2) is 30.7 Å². The Morgan fingerprint density at radius 2 is 1.90 bits per heavy atom. The van der Waals surface area contributed by atoms with Crippen molar-refractivity contribution in [3.63, 3.8) is 0 Å². The Morgan fingerprint density at radius 3 is 2.62 bits per heavy atom. The van der Waals surface area contributed by atoms with Crippen LogP contribution in [0.3, 0.4) is 0 Å². The standard InChI is InChI=1S/C14H15N5.C2H6/c1-2-3-9-4-6-16-13-12(9)10(8-18-13)11-5-7-17-14(15)19-11;1-2/h4-8H,2-3H2,1H3,(H,16,18)(H2,15,17,19);1-2H3. The van der Waals surface area contributed by atoms with E-state index in [1.807, 2.05) is 32.3 Å². The van der Waals surface area contributed by atoms with Crippen LogP contribution in [0.4, 0.5) is 5.95 Å². The summed E-state index contributed by atoms with van der Waals surface area (Å²) in [5.41, 5.74) is 9.67. The van der Waals surface area contributed by atoms with Crippen molar-refractivity contribution in [3.8, 4) is 11.3 Å². The van der Waals surface area contributed by atoms with Crippen LogP contribution >= 0.6 is 0 Å². The Hall–Kier alpha value is -2.43. The molecule has 0 aliphatic heterocycles. The second kappa shape index (κ2) is 6.83. The molecule has 3 N–H and O–H groups in total. The average molecular weight is 283 g/mol. The Kier molecular flexibility index (Phi) is 4.87. The highest BCUT2D eigenvalue weighted by Crippen LogP contribution is 2.29. The summed E-state index contributed by atoms with van der Waals surface area (Å²) in [7, 11) is 0. The summed E-state index contributed by atoms with van der Waals surface area (Å²) >= 11 is 0. The van der Waals surface area contributed by atoms with Gasteiger partial charge in [-0.25, -0.2) is 15.0 Å². The zero-order chi connectivity index (χ0) is 15.2. The van der Waals surface area contributed by atoms with Gasteiger partial charge in [-0.1, -0.05) is 27.2 Å². The maximum atomic E-state index is 5.66. The van der Waals surface area contributed by atoms with E-state index in [0.717, 1.165) is 35.1 Å². The van der Waals surface area contributed by atoms with Gasteiger partial charge in [0.1, 0.15) is 5.65 Å². The molecule has 110 valence electrons. The summed E-state index contributed by atoms with van der Waals surface area (Å²) in [5, 5.41) is 1.13. The van der Waals surface area contributed by atoms with Gasteiger partial charge in [0.15, 0.2) is 0 Å². The van der Waals surface area contributed by atoms with Gasteiger partial charge in [-0.3, -0.25) is 0 Å². The van der Waals surface area contributed by atoms with Crippen LogP contribution in [0, 0.1) is 0 Å². The zero-order valence-corrected chi connectivity index (χ0v) is 12.7. The number of aromatic amines is 1. The van der Waals surface area contributed by atoms with Gasteiger partial charge < -0.3 is 10.7 Å². The van der Waals surface area contributed by atoms with Crippen molar-refractivity contribution >= 4 is 17.0 Å². The number of nitrogens with one attached hydrogen (secondary N) is 1. The summed E-state index contributed by atoms with van der Waals surface area (Å²) in [5.74, 6) is 0.285. The molecule has 0 aliphatic rings. The third-order valence-electron chi connectivity index (χ3n) is 3.13. The number of hydrogen-bond donors (Lipinski definition) is 2. The lowest BCUT2D eigenvalue weighted by Gasteiger charge is -2.04. The van der Waals surface area contributed by atoms with Gasteiger partial charge in [-0.15, -0.1) is 0 Å². The number of hydrogen-bond acceptors (Lipinski definition) is 4. The number of H-pyrrole nitrogens is 1. The summed E-state index contributed by atoms with van der Waals surface area (Å²) in [6, 6.07) is 3.93. The van der Waals surface area contributed by atoms with Crippen LogP contribution in [0.5, 0.6) is 0 Å². The van der Waals surface area contributed by atoms with Crippen molar-refractivity contribution < 1.29 is 0 Å². The van der Waals surface area contributed by atoms with Crippen molar-refractivity contribution in [3.05, 3.63) is 36.3 Å². The smallest absolute Gasteiger partial charge is 0.220 e. The number of anilines is 1. The molecule has 0 spiro atoms. The van der Waals surface area contributed by atoms with Gasteiger partial charge in [0.25, 0.3) is 0 Å². The van der Waals surface area contributed by atoms with Gasteiger partial charge in [0, 0.05) is 29.5 Å². The van der Waals surface area contributed by atoms with E-state index < -0.39 is 0 Å². The minimum atomic E-state index is 0.285. The number of aromatic nitrogens is 4. The van der Waals surface area contributed by atoms with Crippen molar-refractivity contribution in [2.24, 2.45) is 0 Å². The first-order valence-electron chi connectivity index (χ1n) is 7.33. The fraction of sp³-hybridized carbons (Fsp3) is 0.312. The van der Waals surface area contributed by atoms with Gasteiger partial charge >= 0.3 is 0 Å². The van der Waals surface area contributed by atoms with Crippen LogP contribution in [0.1, 0.15) is 32.8 Å². The van der Waals surface area contributed by atoms with Crippen molar-refractivity contribution in [1.29, 1.82) is 0 Å². The fourth-order valence-corrected chi connectivity index (χ4v) is 2.33. The third kappa shape index (κ3) is 3.02. The Labute approximate surface area is 124 Å². The number of nitrogen functional groups attached to an aromatic ring is 1. The average Bonchev–Trinajstić information content (AvgIpc) is 2.95. The molecule has 21 heavy (non-hydrogen) atoms. The number of rotatable bonds is 3. The predicted molar refractivity (Wildman–Crippen MR) is 86.9 cm³/mol. The molecule has 3 aromatic heterocycles. The topological polar surface area (TPSA) is 80.5 Å². The van der Waals surface area contributed by atoms with Crippen molar-refractivity contribution in [1.82, 2.24) is 19.9 Å². The molecule has 5 heteroatoms. The highest BCUT2D eigenvalue weighted by atomic mass is 15.0. The minimum absolute atomic E-state index is 0.285. The monoisotopic (exact) mass is 283 g/mol. The summed E-state index contributed by atoms with van der Waals surface area (Å²) in [4.78, 5) is 15.8. The van der Waals surface area contributed by atoms with Gasteiger partial charge in [-0.2, -0.15) is 0 Å². The molecule has 5 nitrogen and oxygen atoms in total. The summed E-state index contributed by atoms with van der Waals surface area (Å²) in [6.07, 6.45) is 7.55. The first-order valence-corrected chi connectivity index (χ1v) is 7.33. The first kappa shape index (κ1) is 15.0. The van der Waals surface area contributed by atoms with E-state index >= 15 is 0 Å². The van der Waals surface area contributed by atoms with E-state index in [9.17, 15) is 0 Å². The Morgan fingerprint density at radius 1 is 1.14 bits per heavy atom. The highest BCUT2D eigenvalue weighted by Gasteiger charge is 2.12. The van der Waals surface area contributed by atoms with E-state index in [-0.39, 0.29) is 5.95 Å². The quantitative estimate of drug-likeness (QED) is 0.770. The first-order chi connectivity index (χ1) is 10.3. The van der Waals surface area contributed by atoms with Crippen molar-refractivity contribution in [2.75, 3.05) is 5.73 Å². The maximum Gasteiger partial charge on any atom is 0.220 e. The summed E-state index contributed by atoms with van der Waals surface area (Å²) < 4.78 is 0. The molecule has 0 atom stereocenters. The molecule has 0 saturated heterocycles. The molecular formula is C16H21N5. The molecule has 0 saturated carbocycles. The Balaban J connectivity index is 0.000000774. The zero-order valence-electron chi connectivity index (χ0n) is 12.7. The second-order valence-corrected chi connectivity index (χ2v) is 4.45. The van der Waals surface area contributed by atoms with E-state index in [1.54, 1.807) is 6.20 Å². The lowest BCUT2D eigenvalue weighted by Crippen LogP contribution is -1.95. The molecule has 0 radical (unpaired) electrons. The lowest BCUT2D eigenvalue weighted by molar-refractivity contribution is 0.928. The van der Waals surface area contributed by atoms with E-state index in [2.05, 4.69) is 32.9 Å². The van der Waals surface area contributed by atoms with Crippen molar-refractivity contribution in [2.45, 2.75) is 33.6 Å². The van der Waals surface area contributed by atoms with Crippen LogP contribution in [-0.4, -0.2) is 19.9 Å². The largest absolute Gasteiger partial charge is 0.368 e. The molecule has 0 bridgehead atoms. The molecule has 3 rings (SSSR count). The highest BCUT2D eigenvalue weighted by molar-refractivity contribution is 5.95. The summed E-state index contributed by atoms with van der Waals surface area (Å²) in [6.45, 7) is 6.17. The molecule has 3 heterocycles. The van der Waals surface area contributed by atoms with Crippen LogP contribution < -0.4 is 5.73 Å². The molecule has 0 aromatic carbocycles. The molecule has 0 amide bonds. The Bertz CT molecular complexity index is 718. The number of aryl methyl sites for hydroxylation is 1. The number of nitrogens with zero attached hydrogens (tertiary/aromatic N) is 3. The van der Waals surface area contributed by atoms with Gasteiger partial charge in [0.05, 0.1) is 5.69 Å². The molecule has 3 aromatic rings. The predicted octanol–water partition coefficient (Wildman–Crippen LogP) is 3.58. The number of pyridine rings is 1. The second-order valence-electron chi connectivity index (χ2n) is 4.45. The fourth-order valence-electron chi connectivity index (χ4n) is 2.33. The SMILES string of the molecule is CC.CCCc1ccnc2[nH]cc(-c3ccnc(N)n3)c12. The van der Waals surface area contributed by atoms with E-state index in [0.29, 0.717) is 0 Å². The third-order valence-corrected chi connectivity index (χ3v) is 3.13. The molecule has 0 fully saturated rings. The maximum absolute atomic E-state index is 5.66. The molecular weight excluding hydrogens is 262 g/mol. The van der Waals surface area contributed by atoms with Crippen LogP contribution in [0.25, 0.3) is 22.3 Å². The van der Waals surface area contributed by atoms with E-state index in [1.165, 1.54) is 5.56 Å². The normalized spacial score (nSPS) is 10.2. The minimum Gasteiger partial charge on any atom is -0.368 e. The van der Waals surface area contributed by atoms with Gasteiger partial charge in [0.2, 0.25) is 5.95 Å². The lowest BCUT2D eigenvalue weighted by atomic mass is 10.0. The van der Waals surface area contributed by atoms with E-state index in [4.69, 9.17) is 5.73 Å². The molecule has 0 unspecified atom stereocenters. The van der Waals surface area contributed by atoms with Crippen LogP contribution in [-0.2, 0) is 6.42 Å². The number of fused-ring (bicyclic) bond motifs is 1. The molecule has 0 aliphatic carbocycles.